The van der Waals surface area contributed by atoms with Crippen LogP contribution in [0.2, 0.25) is 10.6 Å². The van der Waals surface area contributed by atoms with Crippen molar-refractivity contribution in [3.63, 3.8) is 0 Å². The van der Waals surface area contributed by atoms with E-state index in [1.165, 1.54) is 18.5 Å². The van der Waals surface area contributed by atoms with Gasteiger partial charge in [-0.05, 0) is 85.6 Å². The highest BCUT2D eigenvalue weighted by Crippen LogP contribution is 2.26. The Morgan fingerprint density at radius 2 is 1.14 bits per heavy atom. The molecule has 0 radical (unpaired) electrons. The number of aryl methyl sites for hydroxylation is 2. The van der Waals surface area contributed by atoms with Crippen molar-refractivity contribution < 1.29 is 16.8 Å². The number of hydrogen-bond donors (Lipinski definition) is 1. The predicted molar refractivity (Wildman–Crippen MR) is 182 cm³/mol. The van der Waals surface area contributed by atoms with Gasteiger partial charge in [0.25, 0.3) is 19.1 Å². The van der Waals surface area contributed by atoms with Gasteiger partial charge < -0.3 is 4.98 Å². The molecule has 6 rings (SSSR count). The van der Waals surface area contributed by atoms with Crippen molar-refractivity contribution in [3.8, 4) is 0 Å². The van der Waals surface area contributed by atoms with Gasteiger partial charge in [0.2, 0.25) is 10.6 Å². The van der Waals surface area contributed by atoms with Crippen molar-refractivity contribution in [1.82, 2.24) is 18.9 Å². The molecule has 1 N–H and O–H groups in total. The van der Waals surface area contributed by atoms with E-state index in [1.807, 2.05) is 38.1 Å². The summed E-state index contributed by atoms with van der Waals surface area (Å²) in [6, 6.07) is 27.7. The fourth-order valence-corrected chi connectivity index (χ4v) is 6.40. The normalized spacial score (nSPS) is 10.8. The zero-order valence-corrected chi connectivity index (χ0v) is 27.7. The highest BCUT2D eigenvalue weighted by Gasteiger charge is 2.23. The topological polar surface area (TPSA) is 115 Å². The van der Waals surface area contributed by atoms with E-state index in [4.69, 9.17) is 33.9 Å². The van der Waals surface area contributed by atoms with E-state index in [1.54, 1.807) is 60.7 Å². The number of alkyl halides is 1. The minimum Gasteiger partial charge on any atom is -0.329 e. The number of aromatic amines is 1. The molecule has 234 valence electrons. The fourth-order valence-electron chi connectivity index (χ4n) is 3.64. The van der Waals surface area contributed by atoms with Crippen molar-refractivity contribution in [2.45, 2.75) is 31.1 Å². The van der Waals surface area contributed by atoms with Gasteiger partial charge in [0.05, 0.1) is 31.9 Å². The molecule has 0 aliphatic heterocycles. The lowest BCUT2D eigenvalue weighted by Gasteiger charge is -2.08. The van der Waals surface area contributed by atoms with Gasteiger partial charge in [-0.15, -0.1) is 11.6 Å². The van der Waals surface area contributed by atoms with Crippen LogP contribution >= 0.6 is 45.5 Å². The van der Waals surface area contributed by atoms with E-state index in [0.29, 0.717) is 16.3 Å². The summed E-state index contributed by atoms with van der Waals surface area (Å²) in [6.07, 6.45) is 1.47. The van der Waals surface area contributed by atoms with Crippen molar-refractivity contribution >= 4 is 86.6 Å². The fraction of sp³-hybridized carbons (Fsp3) is 0.133. The lowest BCUT2D eigenvalue weighted by molar-refractivity contribution is 0.588. The summed E-state index contributed by atoms with van der Waals surface area (Å²) in [5.41, 5.74) is 4.91. The Kier molecular flexibility index (Phi) is 13.7. The second kappa shape index (κ2) is 16.3. The summed E-state index contributed by atoms with van der Waals surface area (Å²) in [5, 5.41) is 0.382. The number of aromatic nitrogens is 4. The molecule has 14 heteroatoms. The Morgan fingerprint density at radius 1 is 0.659 bits per heavy atom. The van der Waals surface area contributed by atoms with E-state index in [-0.39, 0.29) is 22.5 Å². The smallest absolute Gasteiger partial charge is 0.270 e. The van der Waals surface area contributed by atoms with Crippen LogP contribution in [-0.4, -0.2) is 42.1 Å². The molecule has 0 bridgehead atoms. The second-order valence-corrected chi connectivity index (χ2v) is 13.8. The Balaban J connectivity index is 0.000000240. The molecule has 0 amide bonds. The van der Waals surface area contributed by atoms with Crippen LogP contribution in [0.15, 0.2) is 107 Å². The first-order valence-corrected chi connectivity index (χ1v) is 17.6. The summed E-state index contributed by atoms with van der Waals surface area (Å²) in [6.45, 7) is 3.78. The number of nitrogens with one attached hydrogen (secondary N) is 1. The zero-order chi connectivity index (χ0) is 31.8. The molecule has 8 nitrogen and oxygen atoms in total. The van der Waals surface area contributed by atoms with Crippen LogP contribution in [0, 0.1) is 13.8 Å². The van der Waals surface area contributed by atoms with E-state index in [2.05, 4.69) is 26.6 Å². The van der Waals surface area contributed by atoms with Crippen LogP contribution in [0.25, 0.3) is 22.1 Å². The van der Waals surface area contributed by atoms with Crippen molar-refractivity contribution in [2.24, 2.45) is 0 Å². The Labute approximate surface area is 277 Å². The maximum absolute atomic E-state index is 12.7. The van der Waals surface area contributed by atoms with E-state index >= 15 is 0 Å². The Hall–Kier alpha value is -3.12. The van der Waals surface area contributed by atoms with Gasteiger partial charge in [-0.1, -0.05) is 67.1 Å². The van der Waals surface area contributed by atoms with Gasteiger partial charge in [-0.25, -0.2) is 30.8 Å². The molecule has 0 aliphatic rings. The van der Waals surface area contributed by atoms with Gasteiger partial charge >= 0.3 is 0 Å². The van der Waals surface area contributed by atoms with Crippen LogP contribution in [0.5, 0.6) is 0 Å². The number of nitrogens with zero attached hydrogens (tertiary/aromatic N) is 3. The molecule has 2 heterocycles. The predicted octanol–water partition coefficient (Wildman–Crippen LogP) is 8.87. The van der Waals surface area contributed by atoms with Gasteiger partial charge in [-0.3, -0.25) is 0 Å². The average molecular weight is 717 g/mol. The van der Waals surface area contributed by atoms with Crippen molar-refractivity contribution in [3.05, 3.63) is 119 Å². The second-order valence-electron chi connectivity index (χ2n) is 8.75. The van der Waals surface area contributed by atoms with E-state index in [0.717, 1.165) is 26.1 Å². The molecule has 44 heavy (non-hydrogen) atoms. The molecule has 0 unspecified atom stereocenters. The van der Waals surface area contributed by atoms with Crippen LogP contribution in [0.4, 0.5) is 0 Å². The summed E-state index contributed by atoms with van der Waals surface area (Å²) in [7, 11) is -2.21. The molecule has 0 saturated carbocycles. The number of rotatable bonds is 3. The molecule has 0 fully saturated rings. The average Bonchev–Trinajstić information content (AvgIpc) is 3.53. The van der Waals surface area contributed by atoms with E-state index < -0.39 is 19.1 Å². The van der Waals surface area contributed by atoms with Gasteiger partial charge in [-0.2, -0.15) is 0 Å². The van der Waals surface area contributed by atoms with Crippen molar-refractivity contribution in [1.29, 1.82) is 0 Å². The molecule has 2 aromatic heterocycles. The van der Waals surface area contributed by atoms with Crippen LogP contribution in [-0.2, 0) is 19.1 Å². The molecule has 6 aromatic rings. The molecule has 0 spiro atoms. The zero-order valence-electron chi connectivity index (χ0n) is 23.0. The third-order valence-electron chi connectivity index (χ3n) is 5.70. The number of hydrogen-bond acceptors (Lipinski definition) is 6. The first-order valence-electron chi connectivity index (χ1n) is 12.3. The number of imidazole rings is 2. The van der Waals surface area contributed by atoms with Crippen LogP contribution < -0.4 is 0 Å². The quantitative estimate of drug-likeness (QED) is 0.145. The number of H-pyrrole nitrogens is 1. The third-order valence-corrected chi connectivity index (χ3v) is 9.32. The highest BCUT2D eigenvalue weighted by atomic mass is 35.7. The molecule has 4 aromatic carbocycles. The van der Waals surface area contributed by atoms with E-state index in [9.17, 15) is 16.8 Å². The van der Waals surface area contributed by atoms with Gasteiger partial charge in [0.1, 0.15) is 0 Å². The lowest BCUT2D eigenvalue weighted by atomic mass is 10.2. The van der Waals surface area contributed by atoms with Crippen LogP contribution in [0.1, 0.15) is 18.6 Å². The molecule has 0 aliphatic carbocycles. The van der Waals surface area contributed by atoms with Crippen LogP contribution in [0.3, 0.4) is 0 Å². The molecule has 0 saturated heterocycles. The maximum Gasteiger partial charge on any atom is 0.270 e. The number of benzene rings is 4. The minimum atomic E-state index is -3.75. The number of halogens is 4. The Morgan fingerprint density at radius 3 is 1.66 bits per heavy atom. The third kappa shape index (κ3) is 9.44. The monoisotopic (exact) mass is 714 g/mol. The molecular weight excluding hydrogens is 686 g/mol. The SMILES string of the molecule is C.CCl.Cc1ccc(S(=O)(=O)Cl)cc1.Cc1ccc(S(=O)(=O)n2c(Cl)nc3ccccc32)cc1.Clc1nc2ccccc2[nH]1. The summed E-state index contributed by atoms with van der Waals surface area (Å²) in [4.78, 5) is 11.3. The first kappa shape index (κ1) is 37.1. The lowest BCUT2D eigenvalue weighted by Crippen LogP contribution is -2.13. The molecular formula is C30H30Cl4N4O4S2. The summed E-state index contributed by atoms with van der Waals surface area (Å²) in [5.74, 6) is 0. The van der Waals surface area contributed by atoms with Gasteiger partial charge in [0, 0.05) is 17.1 Å². The Bertz CT molecular complexity index is 1990. The minimum absolute atomic E-state index is 0. The molecule has 0 atom stereocenters. The number of para-hydroxylation sites is 4. The summed E-state index contributed by atoms with van der Waals surface area (Å²) >= 11 is 16.3. The standard InChI is InChI=1S/C14H11ClN2O2S.C7H5ClN2.C7H7ClO2S.CH3Cl.CH4/c1-10-6-8-11(9-7-10)20(18,19)17-13-5-3-2-4-12(13)16-14(17)15;8-7-9-5-3-1-2-4-6(5)10-7;1-6-2-4-7(5-3-6)11(8,9)10;1-2;/h2-9H,1H3;1-4H,(H,9,10);2-5H,1H3;1H3;1H4. The largest absolute Gasteiger partial charge is 0.329 e. The van der Waals surface area contributed by atoms with Crippen molar-refractivity contribution in [2.75, 3.05) is 6.38 Å². The first-order chi connectivity index (χ1) is 20.4. The number of fused-ring (bicyclic) bond motifs is 2. The maximum atomic E-state index is 12.7. The van der Waals surface area contributed by atoms with Gasteiger partial charge in [0.15, 0.2) is 0 Å². The summed E-state index contributed by atoms with van der Waals surface area (Å²) < 4.78 is 47.8. The highest BCUT2D eigenvalue weighted by molar-refractivity contribution is 8.13.